The molecule has 0 bridgehead atoms. The van der Waals surface area contributed by atoms with E-state index in [4.69, 9.17) is 0 Å². The molecule has 0 N–H and O–H groups in total. The van der Waals surface area contributed by atoms with Crippen molar-refractivity contribution < 1.29 is 0 Å². The number of fused-ring (bicyclic) bond motifs is 6. The van der Waals surface area contributed by atoms with Crippen LogP contribution in [0, 0.1) is 0 Å². The van der Waals surface area contributed by atoms with Crippen molar-refractivity contribution in [2.45, 2.75) is 0 Å². The first kappa shape index (κ1) is 31.7. The Balaban J connectivity index is 1.49. The topological polar surface area (TPSA) is 6.48 Å². The molecular weight excluding hydrogens is 654 g/mol. The second kappa shape index (κ2) is 12.8. The Bertz CT molecular complexity index is 2410. The molecule has 4 heteroatoms. The summed E-state index contributed by atoms with van der Waals surface area (Å²) < 4.78 is 0. The van der Waals surface area contributed by atoms with E-state index >= 15 is 0 Å². The van der Waals surface area contributed by atoms with Crippen molar-refractivity contribution in [1.82, 2.24) is 0 Å². The Kier molecular flexibility index (Phi) is 7.96. The first-order valence-electron chi connectivity index (χ1n) is 17.5. The quantitative estimate of drug-likeness (QED) is 0.167. The first-order chi connectivity index (χ1) is 25.0. The number of hydrogen-bond acceptors (Lipinski definition) is 2. The summed E-state index contributed by atoms with van der Waals surface area (Å²) >= 11 is 0. The van der Waals surface area contributed by atoms with E-state index in [1.165, 1.54) is 76.1 Å². The molecule has 0 saturated carbocycles. The third-order valence-electron chi connectivity index (χ3n) is 10.6. The van der Waals surface area contributed by atoms with E-state index in [0.717, 1.165) is 0 Å². The second-order valence-electron chi connectivity index (χ2n) is 13.5. The average molecular weight is 694 g/mol. The van der Waals surface area contributed by atoms with Gasteiger partial charge in [0.15, 0.2) is 0 Å². The van der Waals surface area contributed by atoms with Gasteiger partial charge in [0.25, 0.3) is 0 Å². The van der Waals surface area contributed by atoms with Gasteiger partial charge in [-0.05, 0) is 83.3 Å². The fraction of sp³-hybridized carbons (Fsp3) is 0.0638. The van der Waals surface area contributed by atoms with Crippen molar-refractivity contribution in [3.63, 3.8) is 0 Å². The van der Waals surface area contributed by atoms with Crippen LogP contribution in [0.15, 0.2) is 182 Å². The van der Waals surface area contributed by atoms with E-state index in [2.05, 4.69) is 213 Å². The molecule has 246 valence electrons. The molecule has 9 rings (SSSR count). The largest absolute Gasteiger partial charge is 0.341 e. The van der Waals surface area contributed by atoms with Crippen LogP contribution in [-0.4, -0.2) is 20.8 Å². The maximum atomic E-state index is 2.55. The summed E-state index contributed by atoms with van der Waals surface area (Å²) in [5.41, 5.74) is 4.97. The van der Waals surface area contributed by atoms with Gasteiger partial charge in [-0.2, -0.15) is 0 Å². The van der Waals surface area contributed by atoms with E-state index in [-0.39, 0.29) is 0 Å². The molecule has 0 spiro atoms. The predicted molar refractivity (Wildman–Crippen MR) is 227 cm³/mol. The van der Waals surface area contributed by atoms with Crippen molar-refractivity contribution in [3.8, 4) is 0 Å². The van der Waals surface area contributed by atoms with Crippen molar-refractivity contribution in [3.05, 3.63) is 182 Å². The van der Waals surface area contributed by atoms with Crippen LogP contribution < -0.4 is 41.6 Å². The maximum absolute atomic E-state index is 2.55. The molecule has 0 atom stereocenters. The van der Waals surface area contributed by atoms with E-state index in [1.54, 1.807) is 0 Å². The Morgan fingerprint density at radius 3 is 1.24 bits per heavy atom. The molecule has 2 nitrogen and oxygen atoms in total. The number of para-hydroxylation sites is 2. The highest BCUT2D eigenvalue weighted by atomic mass is 31.2. The van der Waals surface area contributed by atoms with Gasteiger partial charge in [0, 0.05) is 36.1 Å². The molecule has 0 radical (unpaired) electrons. The monoisotopic (exact) mass is 693 g/mol. The van der Waals surface area contributed by atoms with Crippen LogP contribution in [0.4, 0.5) is 22.7 Å². The predicted octanol–water partition coefficient (Wildman–Crippen LogP) is 9.52. The van der Waals surface area contributed by atoms with Gasteiger partial charge in [-0.1, -0.05) is 133 Å². The Labute approximate surface area is 302 Å². The number of benzene rings is 8. The molecule has 0 aromatic heterocycles. The molecule has 1 aliphatic heterocycles. The highest BCUT2D eigenvalue weighted by molar-refractivity contribution is 7.95. The van der Waals surface area contributed by atoms with E-state index in [0.29, 0.717) is 0 Å². The minimum atomic E-state index is -2.31. The van der Waals surface area contributed by atoms with E-state index in [9.17, 15) is 0 Å². The molecule has 0 unspecified atom stereocenters. The molecule has 8 aromatic rings. The normalized spacial score (nSPS) is 17.1. The zero-order chi connectivity index (χ0) is 34.5. The lowest BCUT2D eigenvalue weighted by atomic mass is 10.1. The molecule has 0 saturated heterocycles. The summed E-state index contributed by atoms with van der Waals surface area (Å²) in [5.74, 6) is 0. The lowest BCUT2D eigenvalue weighted by molar-refractivity contribution is 1.23. The van der Waals surface area contributed by atoms with E-state index in [1.807, 2.05) is 0 Å². The standard InChI is InChI=1S/C47H39N2P2/c1-48-40-26-14-16-28-44(40)50(38-22-6-4-7-23-38)45-29-17-15-27-41(45)49(2)43-31-35-19-11-13-21-37(35)33-47(43)51(3,39-24-8-5-9-25-39)46-32-36-20-12-10-18-34(36)30-42(46)48/h4-33H,1-3H3/q+1. The van der Waals surface area contributed by atoms with Crippen LogP contribution in [-0.2, 0) is 0 Å². The summed E-state index contributed by atoms with van der Waals surface area (Å²) in [5, 5.41) is 13.2. The van der Waals surface area contributed by atoms with Crippen LogP contribution in [0.5, 0.6) is 0 Å². The van der Waals surface area contributed by atoms with Crippen LogP contribution >= 0.6 is 15.2 Å². The Morgan fingerprint density at radius 1 is 0.392 bits per heavy atom. The highest BCUT2D eigenvalue weighted by Gasteiger charge is 2.46. The number of nitrogens with zero attached hydrogens (tertiary/aromatic N) is 2. The van der Waals surface area contributed by atoms with Crippen LogP contribution in [0.3, 0.4) is 0 Å². The summed E-state index contributed by atoms with van der Waals surface area (Å²) in [4.78, 5) is 4.98. The lowest BCUT2D eigenvalue weighted by Gasteiger charge is -2.36. The Hall–Kier alpha value is -5.26. The molecule has 8 aromatic carbocycles. The van der Waals surface area contributed by atoms with Gasteiger partial charge in [0.1, 0.15) is 23.2 Å². The van der Waals surface area contributed by atoms with Gasteiger partial charge in [-0.15, -0.1) is 0 Å². The van der Waals surface area contributed by atoms with E-state index < -0.39 is 15.2 Å². The van der Waals surface area contributed by atoms with Gasteiger partial charge in [-0.3, -0.25) is 0 Å². The Morgan fingerprint density at radius 2 is 0.765 bits per heavy atom. The highest BCUT2D eigenvalue weighted by Crippen LogP contribution is 2.58. The minimum absolute atomic E-state index is 0.934. The van der Waals surface area contributed by atoms with Gasteiger partial charge >= 0.3 is 0 Å². The molecule has 0 amide bonds. The van der Waals surface area contributed by atoms with Gasteiger partial charge in [0.05, 0.1) is 18.0 Å². The van der Waals surface area contributed by atoms with Crippen LogP contribution in [0.25, 0.3) is 21.5 Å². The lowest BCUT2D eigenvalue weighted by Crippen LogP contribution is -2.38. The maximum Gasteiger partial charge on any atom is 0.128 e. The summed E-state index contributed by atoms with van der Waals surface area (Å²) in [6, 6.07) is 68.2. The van der Waals surface area contributed by atoms with Gasteiger partial charge < -0.3 is 9.80 Å². The second-order valence-corrected chi connectivity index (χ2v) is 19.1. The first-order valence-corrected chi connectivity index (χ1v) is 21.1. The zero-order valence-electron chi connectivity index (χ0n) is 29.1. The molecule has 0 aliphatic carbocycles. The summed E-state index contributed by atoms with van der Waals surface area (Å²) in [6.45, 7) is 2.55. The third kappa shape index (κ3) is 5.25. The summed E-state index contributed by atoms with van der Waals surface area (Å²) in [6.07, 6.45) is 0. The smallest absolute Gasteiger partial charge is 0.128 e. The van der Waals surface area contributed by atoms with Crippen molar-refractivity contribution in [1.29, 1.82) is 0 Å². The van der Waals surface area contributed by atoms with Crippen LogP contribution in [0.1, 0.15) is 0 Å². The fourth-order valence-electron chi connectivity index (χ4n) is 7.94. The fourth-order valence-corrected chi connectivity index (χ4v) is 14.3. The zero-order valence-corrected chi connectivity index (χ0v) is 30.9. The molecular formula is C47H39N2P2+. The van der Waals surface area contributed by atoms with Crippen molar-refractivity contribution >= 4 is 91.3 Å². The SMILES string of the molecule is CN1c2ccccc2P(c2ccccc2)c2ccccc2N(C)c2cc3ccccc3cc2[P+](C)(c2ccccc2)c2cc3ccccc3cc21. The average Bonchev–Trinajstić information content (AvgIpc) is 3.20. The molecule has 1 heterocycles. The molecule has 1 aliphatic rings. The van der Waals surface area contributed by atoms with Gasteiger partial charge in [-0.25, -0.2) is 0 Å². The van der Waals surface area contributed by atoms with Crippen LogP contribution in [0.2, 0.25) is 0 Å². The third-order valence-corrected chi connectivity index (χ3v) is 17.1. The molecule has 0 fully saturated rings. The molecule has 51 heavy (non-hydrogen) atoms. The van der Waals surface area contributed by atoms with Crippen molar-refractivity contribution in [2.75, 3.05) is 30.6 Å². The summed E-state index contributed by atoms with van der Waals surface area (Å²) in [7, 11) is 1.33. The number of anilines is 4. The number of hydrogen-bond donors (Lipinski definition) is 0. The van der Waals surface area contributed by atoms with Gasteiger partial charge in [0.2, 0.25) is 0 Å². The minimum Gasteiger partial charge on any atom is -0.341 e. The van der Waals surface area contributed by atoms with Crippen molar-refractivity contribution in [2.24, 2.45) is 0 Å². The number of rotatable bonds is 2.